The van der Waals surface area contributed by atoms with Crippen molar-refractivity contribution in [1.82, 2.24) is 9.97 Å². The van der Waals surface area contributed by atoms with E-state index in [4.69, 9.17) is 4.74 Å². The predicted octanol–water partition coefficient (Wildman–Crippen LogP) is 2.49. The van der Waals surface area contributed by atoms with Gasteiger partial charge in [0, 0.05) is 12.6 Å². The number of rotatable bonds is 5. The zero-order chi connectivity index (χ0) is 13.9. The number of carbonyl (C=O) groups excluding carboxylic acids is 1. The maximum Gasteiger partial charge on any atom is 0.358 e. The highest BCUT2D eigenvalue weighted by Gasteiger charge is 2.30. The standard InChI is InChI=1S/C14H15N3O2S/c1-19-14(18)12-6-15-7-13(16-12)17(11-2-3-11)8-10-4-5-20-9-10/h4-7,9,11H,2-3,8H2,1H3. The van der Waals surface area contributed by atoms with E-state index in [0.717, 1.165) is 25.2 Å². The van der Waals surface area contributed by atoms with E-state index in [-0.39, 0.29) is 5.69 Å². The molecule has 1 aliphatic carbocycles. The van der Waals surface area contributed by atoms with Crippen LogP contribution in [-0.4, -0.2) is 29.1 Å². The van der Waals surface area contributed by atoms with Crippen LogP contribution in [0, 0.1) is 0 Å². The summed E-state index contributed by atoms with van der Waals surface area (Å²) in [4.78, 5) is 22.2. The van der Waals surface area contributed by atoms with E-state index in [9.17, 15) is 4.79 Å². The van der Waals surface area contributed by atoms with Crippen LogP contribution < -0.4 is 4.90 Å². The van der Waals surface area contributed by atoms with Crippen molar-refractivity contribution in [3.05, 3.63) is 40.5 Å². The Hall–Kier alpha value is -1.95. The van der Waals surface area contributed by atoms with Crippen LogP contribution in [0.25, 0.3) is 0 Å². The topological polar surface area (TPSA) is 55.3 Å². The first-order valence-electron chi connectivity index (χ1n) is 6.46. The van der Waals surface area contributed by atoms with E-state index in [0.29, 0.717) is 6.04 Å². The molecule has 0 aliphatic heterocycles. The van der Waals surface area contributed by atoms with Gasteiger partial charge in [-0.3, -0.25) is 4.98 Å². The molecule has 0 saturated heterocycles. The molecular weight excluding hydrogens is 274 g/mol. The molecule has 1 aliphatic rings. The summed E-state index contributed by atoms with van der Waals surface area (Å²) >= 11 is 1.68. The molecule has 2 aromatic rings. The van der Waals surface area contributed by atoms with Crippen molar-refractivity contribution in [2.75, 3.05) is 12.0 Å². The minimum Gasteiger partial charge on any atom is -0.464 e. The van der Waals surface area contributed by atoms with Gasteiger partial charge in [-0.1, -0.05) is 0 Å². The summed E-state index contributed by atoms with van der Waals surface area (Å²) in [7, 11) is 1.35. The fourth-order valence-corrected chi connectivity index (χ4v) is 2.72. The zero-order valence-corrected chi connectivity index (χ0v) is 12.0. The average molecular weight is 289 g/mol. The summed E-state index contributed by atoms with van der Waals surface area (Å²) in [5.74, 6) is 0.284. The Morgan fingerprint density at radius 3 is 3.00 bits per heavy atom. The molecule has 0 spiro atoms. The number of nitrogens with zero attached hydrogens (tertiary/aromatic N) is 3. The number of methoxy groups -OCH3 is 1. The highest BCUT2D eigenvalue weighted by atomic mass is 32.1. The molecule has 0 N–H and O–H groups in total. The van der Waals surface area contributed by atoms with E-state index in [1.54, 1.807) is 17.5 Å². The zero-order valence-electron chi connectivity index (χ0n) is 11.2. The van der Waals surface area contributed by atoms with Crippen molar-refractivity contribution < 1.29 is 9.53 Å². The SMILES string of the molecule is COC(=O)c1cncc(N(Cc2ccsc2)C2CC2)n1. The second-order valence-corrected chi connectivity index (χ2v) is 5.52. The van der Waals surface area contributed by atoms with Crippen LogP contribution in [0.15, 0.2) is 29.2 Å². The van der Waals surface area contributed by atoms with Crippen molar-refractivity contribution in [1.29, 1.82) is 0 Å². The number of thiophene rings is 1. The van der Waals surface area contributed by atoms with Gasteiger partial charge in [-0.15, -0.1) is 0 Å². The Labute approximate surface area is 121 Å². The van der Waals surface area contributed by atoms with Crippen LogP contribution in [0.3, 0.4) is 0 Å². The summed E-state index contributed by atoms with van der Waals surface area (Å²) in [6.45, 7) is 0.799. The van der Waals surface area contributed by atoms with Crippen LogP contribution in [0.5, 0.6) is 0 Å². The Balaban J connectivity index is 1.85. The highest BCUT2D eigenvalue weighted by Crippen LogP contribution is 2.32. The quantitative estimate of drug-likeness (QED) is 0.792. The molecule has 1 saturated carbocycles. The Kier molecular flexibility index (Phi) is 3.64. The summed E-state index contributed by atoms with van der Waals surface area (Å²) in [6.07, 6.45) is 5.46. The summed E-state index contributed by atoms with van der Waals surface area (Å²) in [5, 5.41) is 4.20. The van der Waals surface area contributed by atoms with Gasteiger partial charge in [0.25, 0.3) is 0 Å². The first kappa shape index (κ1) is 13.1. The Morgan fingerprint density at radius 1 is 1.50 bits per heavy atom. The normalized spacial score (nSPS) is 14.1. The molecule has 0 radical (unpaired) electrons. The van der Waals surface area contributed by atoms with Gasteiger partial charge in [-0.05, 0) is 35.2 Å². The van der Waals surface area contributed by atoms with Gasteiger partial charge in [0.2, 0.25) is 0 Å². The largest absolute Gasteiger partial charge is 0.464 e. The van der Waals surface area contributed by atoms with Gasteiger partial charge in [0.1, 0.15) is 5.82 Å². The van der Waals surface area contributed by atoms with E-state index in [1.807, 2.05) is 0 Å². The van der Waals surface area contributed by atoms with Crippen molar-refractivity contribution in [3.8, 4) is 0 Å². The number of hydrogen-bond donors (Lipinski definition) is 0. The predicted molar refractivity (Wildman–Crippen MR) is 76.9 cm³/mol. The monoisotopic (exact) mass is 289 g/mol. The number of aromatic nitrogens is 2. The lowest BCUT2D eigenvalue weighted by Gasteiger charge is -2.22. The van der Waals surface area contributed by atoms with Crippen molar-refractivity contribution in [3.63, 3.8) is 0 Å². The summed E-state index contributed by atoms with van der Waals surface area (Å²) in [5.41, 5.74) is 1.51. The molecule has 2 heterocycles. The molecule has 1 fully saturated rings. The Bertz CT molecular complexity index is 596. The van der Waals surface area contributed by atoms with Crippen LogP contribution in [0.1, 0.15) is 28.9 Å². The van der Waals surface area contributed by atoms with Gasteiger partial charge in [-0.2, -0.15) is 11.3 Å². The lowest BCUT2D eigenvalue weighted by atomic mass is 10.3. The minimum absolute atomic E-state index is 0.251. The van der Waals surface area contributed by atoms with Gasteiger partial charge in [0.15, 0.2) is 5.69 Å². The second-order valence-electron chi connectivity index (χ2n) is 4.74. The molecule has 0 amide bonds. The van der Waals surface area contributed by atoms with Crippen LogP contribution in [0.4, 0.5) is 5.82 Å². The van der Waals surface area contributed by atoms with Gasteiger partial charge in [-0.25, -0.2) is 9.78 Å². The Morgan fingerprint density at radius 2 is 2.35 bits per heavy atom. The second kappa shape index (κ2) is 5.58. The molecule has 0 aromatic carbocycles. The van der Waals surface area contributed by atoms with E-state index >= 15 is 0 Å². The number of carbonyl (C=O) groups is 1. The molecular formula is C14H15N3O2S. The molecule has 20 heavy (non-hydrogen) atoms. The van der Waals surface area contributed by atoms with Crippen molar-refractivity contribution >= 4 is 23.1 Å². The molecule has 0 atom stereocenters. The smallest absolute Gasteiger partial charge is 0.358 e. The fourth-order valence-electron chi connectivity index (χ4n) is 2.06. The lowest BCUT2D eigenvalue weighted by Crippen LogP contribution is -2.26. The summed E-state index contributed by atoms with van der Waals surface area (Å²) < 4.78 is 4.69. The van der Waals surface area contributed by atoms with E-state index in [2.05, 4.69) is 31.7 Å². The molecule has 6 heteroatoms. The van der Waals surface area contributed by atoms with Crippen LogP contribution >= 0.6 is 11.3 Å². The molecule has 0 unspecified atom stereocenters. The molecule has 3 rings (SSSR count). The lowest BCUT2D eigenvalue weighted by molar-refractivity contribution is 0.0593. The third kappa shape index (κ3) is 2.80. The molecule has 5 nitrogen and oxygen atoms in total. The number of hydrogen-bond acceptors (Lipinski definition) is 6. The van der Waals surface area contributed by atoms with E-state index in [1.165, 1.54) is 18.9 Å². The van der Waals surface area contributed by atoms with Gasteiger partial charge < -0.3 is 9.64 Å². The van der Waals surface area contributed by atoms with Gasteiger partial charge >= 0.3 is 5.97 Å². The van der Waals surface area contributed by atoms with Crippen molar-refractivity contribution in [2.24, 2.45) is 0 Å². The molecule has 2 aromatic heterocycles. The molecule has 104 valence electrons. The maximum absolute atomic E-state index is 11.5. The number of esters is 1. The summed E-state index contributed by atoms with van der Waals surface area (Å²) in [6, 6.07) is 2.61. The first-order valence-corrected chi connectivity index (χ1v) is 7.40. The fraction of sp³-hybridized carbons (Fsp3) is 0.357. The maximum atomic E-state index is 11.5. The van der Waals surface area contributed by atoms with Crippen molar-refractivity contribution in [2.45, 2.75) is 25.4 Å². The first-order chi connectivity index (χ1) is 9.78. The third-order valence-electron chi connectivity index (χ3n) is 3.23. The average Bonchev–Trinajstić information content (AvgIpc) is 3.20. The number of ether oxygens (including phenoxy) is 1. The highest BCUT2D eigenvalue weighted by molar-refractivity contribution is 7.07. The van der Waals surface area contributed by atoms with E-state index < -0.39 is 5.97 Å². The van der Waals surface area contributed by atoms with Gasteiger partial charge in [0.05, 0.1) is 19.5 Å². The van der Waals surface area contributed by atoms with Crippen LogP contribution in [-0.2, 0) is 11.3 Å². The molecule has 0 bridgehead atoms. The van der Waals surface area contributed by atoms with Crippen LogP contribution in [0.2, 0.25) is 0 Å². The minimum atomic E-state index is -0.453. The number of anilines is 1. The third-order valence-corrected chi connectivity index (χ3v) is 3.96.